The van der Waals surface area contributed by atoms with Crippen LogP contribution in [0.15, 0.2) is 41.1 Å². The van der Waals surface area contributed by atoms with Crippen molar-refractivity contribution in [3.05, 3.63) is 63.4 Å². The van der Waals surface area contributed by atoms with Gasteiger partial charge in [0.1, 0.15) is 0 Å². The molecule has 0 fully saturated rings. The Morgan fingerprint density at radius 1 is 1.24 bits per heavy atom. The zero-order valence-electron chi connectivity index (χ0n) is 11.1. The Kier molecular flexibility index (Phi) is 4.65. The Labute approximate surface area is 128 Å². The SMILES string of the molecule is Cc1ccc(Br)cc1C(NN)c1cnccc1C(F)(F)F. The molecule has 0 saturated carbocycles. The van der Waals surface area contributed by atoms with Crippen LogP contribution in [0.5, 0.6) is 0 Å². The second-order valence-electron chi connectivity index (χ2n) is 4.56. The topological polar surface area (TPSA) is 50.9 Å². The summed E-state index contributed by atoms with van der Waals surface area (Å²) in [6, 6.07) is 5.53. The van der Waals surface area contributed by atoms with Gasteiger partial charge < -0.3 is 0 Å². The normalized spacial score (nSPS) is 13.2. The van der Waals surface area contributed by atoms with Crippen LogP contribution in [-0.2, 0) is 6.18 Å². The molecule has 2 aromatic rings. The molecule has 0 saturated heterocycles. The first kappa shape index (κ1) is 15.9. The van der Waals surface area contributed by atoms with E-state index in [0.29, 0.717) is 5.56 Å². The van der Waals surface area contributed by atoms with E-state index in [1.165, 1.54) is 6.20 Å². The van der Waals surface area contributed by atoms with E-state index < -0.39 is 17.8 Å². The fraction of sp³-hybridized carbons (Fsp3) is 0.214. The number of aromatic nitrogens is 1. The lowest BCUT2D eigenvalue weighted by molar-refractivity contribution is -0.138. The maximum absolute atomic E-state index is 13.1. The van der Waals surface area contributed by atoms with E-state index >= 15 is 0 Å². The summed E-state index contributed by atoms with van der Waals surface area (Å²) in [5.41, 5.74) is 3.19. The first-order valence-corrected chi connectivity index (χ1v) is 6.87. The zero-order chi connectivity index (χ0) is 15.6. The van der Waals surface area contributed by atoms with Crippen LogP contribution in [0, 0.1) is 6.92 Å². The summed E-state index contributed by atoms with van der Waals surface area (Å²) in [5, 5.41) is 0. The van der Waals surface area contributed by atoms with E-state index in [4.69, 9.17) is 5.84 Å². The molecule has 3 N–H and O–H groups in total. The molecule has 1 unspecified atom stereocenters. The molecule has 0 spiro atoms. The zero-order valence-corrected chi connectivity index (χ0v) is 12.7. The van der Waals surface area contributed by atoms with Gasteiger partial charge in [-0.15, -0.1) is 0 Å². The largest absolute Gasteiger partial charge is 0.416 e. The van der Waals surface area contributed by atoms with Crippen LogP contribution in [0.1, 0.15) is 28.3 Å². The molecule has 0 aliphatic carbocycles. The van der Waals surface area contributed by atoms with Gasteiger partial charge in [0.2, 0.25) is 0 Å². The van der Waals surface area contributed by atoms with Crippen LogP contribution >= 0.6 is 15.9 Å². The van der Waals surface area contributed by atoms with E-state index in [2.05, 4.69) is 26.3 Å². The van der Waals surface area contributed by atoms with Gasteiger partial charge in [-0.25, -0.2) is 5.43 Å². The number of nitrogens with zero attached hydrogens (tertiary/aromatic N) is 1. The maximum atomic E-state index is 13.1. The Bertz CT molecular complexity index is 644. The van der Waals surface area contributed by atoms with Gasteiger partial charge in [0, 0.05) is 22.4 Å². The van der Waals surface area contributed by atoms with Crippen molar-refractivity contribution in [3.8, 4) is 0 Å². The molecular formula is C14H13BrF3N3. The minimum atomic E-state index is -4.46. The molecule has 0 radical (unpaired) electrons. The summed E-state index contributed by atoms with van der Waals surface area (Å²) in [4.78, 5) is 3.80. The molecule has 1 atom stereocenters. The Hall–Kier alpha value is -1.44. The molecule has 1 heterocycles. The van der Waals surface area contributed by atoms with Gasteiger partial charge in [0.15, 0.2) is 0 Å². The average molecular weight is 360 g/mol. The summed E-state index contributed by atoms with van der Waals surface area (Å²) in [7, 11) is 0. The summed E-state index contributed by atoms with van der Waals surface area (Å²) in [6.45, 7) is 1.82. The van der Waals surface area contributed by atoms with Crippen molar-refractivity contribution < 1.29 is 13.2 Å². The fourth-order valence-electron chi connectivity index (χ4n) is 2.16. The third-order valence-corrected chi connectivity index (χ3v) is 3.68. The van der Waals surface area contributed by atoms with Crippen molar-refractivity contribution in [2.75, 3.05) is 0 Å². The van der Waals surface area contributed by atoms with Crippen LogP contribution in [0.2, 0.25) is 0 Å². The predicted molar refractivity (Wildman–Crippen MR) is 77.3 cm³/mol. The number of benzene rings is 1. The monoisotopic (exact) mass is 359 g/mol. The van der Waals surface area contributed by atoms with Crippen molar-refractivity contribution in [2.45, 2.75) is 19.1 Å². The van der Waals surface area contributed by atoms with E-state index in [0.717, 1.165) is 22.3 Å². The van der Waals surface area contributed by atoms with Gasteiger partial charge in [0.05, 0.1) is 11.6 Å². The number of pyridine rings is 1. The quantitative estimate of drug-likeness (QED) is 0.648. The number of alkyl halides is 3. The molecule has 3 nitrogen and oxygen atoms in total. The van der Waals surface area contributed by atoms with Crippen LogP contribution in [0.4, 0.5) is 13.2 Å². The lowest BCUT2D eigenvalue weighted by atomic mass is 9.93. The van der Waals surface area contributed by atoms with Gasteiger partial charge >= 0.3 is 6.18 Å². The van der Waals surface area contributed by atoms with Crippen LogP contribution in [-0.4, -0.2) is 4.98 Å². The predicted octanol–water partition coefficient (Wildman–Crippen LogP) is 3.72. The van der Waals surface area contributed by atoms with Gasteiger partial charge in [-0.05, 0) is 36.2 Å². The number of hydrogen-bond donors (Lipinski definition) is 2. The molecule has 0 amide bonds. The lowest BCUT2D eigenvalue weighted by Crippen LogP contribution is -2.31. The van der Waals surface area contributed by atoms with Crippen molar-refractivity contribution in [3.63, 3.8) is 0 Å². The van der Waals surface area contributed by atoms with E-state index in [9.17, 15) is 13.2 Å². The third-order valence-electron chi connectivity index (χ3n) is 3.19. The van der Waals surface area contributed by atoms with E-state index in [-0.39, 0.29) is 5.56 Å². The van der Waals surface area contributed by atoms with Gasteiger partial charge in [-0.3, -0.25) is 10.8 Å². The van der Waals surface area contributed by atoms with Crippen molar-refractivity contribution in [1.82, 2.24) is 10.4 Å². The lowest BCUT2D eigenvalue weighted by Gasteiger charge is -2.22. The van der Waals surface area contributed by atoms with Gasteiger partial charge in [-0.2, -0.15) is 13.2 Å². The van der Waals surface area contributed by atoms with E-state index in [1.807, 2.05) is 19.1 Å². The molecule has 0 bridgehead atoms. The Morgan fingerprint density at radius 2 is 1.95 bits per heavy atom. The van der Waals surface area contributed by atoms with Crippen LogP contribution in [0.3, 0.4) is 0 Å². The van der Waals surface area contributed by atoms with Gasteiger partial charge in [-0.1, -0.05) is 22.0 Å². The van der Waals surface area contributed by atoms with Crippen LogP contribution in [0.25, 0.3) is 0 Å². The molecule has 0 aliphatic heterocycles. The Balaban J connectivity index is 2.60. The first-order valence-electron chi connectivity index (χ1n) is 6.08. The minimum Gasteiger partial charge on any atom is -0.271 e. The molecule has 1 aromatic carbocycles. The number of aryl methyl sites for hydroxylation is 1. The first-order chi connectivity index (χ1) is 9.84. The molecule has 7 heteroatoms. The molecule has 112 valence electrons. The van der Waals surface area contributed by atoms with Crippen molar-refractivity contribution in [2.24, 2.45) is 5.84 Å². The smallest absolute Gasteiger partial charge is 0.271 e. The van der Waals surface area contributed by atoms with Crippen LogP contribution < -0.4 is 11.3 Å². The second kappa shape index (κ2) is 6.13. The summed E-state index contributed by atoms with van der Waals surface area (Å²) >= 11 is 3.32. The summed E-state index contributed by atoms with van der Waals surface area (Å²) in [5.74, 6) is 5.51. The fourth-order valence-corrected chi connectivity index (χ4v) is 2.54. The average Bonchev–Trinajstić information content (AvgIpc) is 2.43. The molecule has 0 aliphatic rings. The van der Waals surface area contributed by atoms with Crippen molar-refractivity contribution in [1.29, 1.82) is 0 Å². The second-order valence-corrected chi connectivity index (χ2v) is 5.48. The summed E-state index contributed by atoms with van der Waals surface area (Å²) < 4.78 is 40.2. The highest BCUT2D eigenvalue weighted by Crippen LogP contribution is 2.36. The highest BCUT2D eigenvalue weighted by Gasteiger charge is 2.35. The number of halogens is 4. The number of nitrogens with two attached hydrogens (primary N) is 1. The number of nitrogens with one attached hydrogen (secondary N) is 1. The number of rotatable bonds is 3. The third kappa shape index (κ3) is 3.42. The van der Waals surface area contributed by atoms with Crippen molar-refractivity contribution >= 4 is 15.9 Å². The number of hydrogen-bond acceptors (Lipinski definition) is 3. The highest BCUT2D eigenvalue weighted by atomic mass is 79.9. The molecule has 21 heavy (non-hydrogen) atoms. The highest BCUT2D eigenvalue weighted by molar-refractivity contribution is 9.10. The van der Waals surface area contributed by atoms with E-state index in [1.54, 1.807) is 6.07 Å². The molecule has 1 aromatic heterocycles. The standard InChI is InChI=1S/C14H13BrF3N3/c1-8-2-3-9(15)6-10(8)13(21-19)11-7-20-5-4-12(11)14(16,17)18/h2-7,13,21H,19H2,1H3. The van der Waals surface area contributed by atoms with Gasteiger partial charge in [0.25, 0.3) is 0 Å². The Morgan fingerprint density at radius 3 is 2.57 bits per heavy atom. The minimum absolute atomic E-state index is 0.00583. The molecule has 2 rings (SSSR count). The molecular weight excluding hydrogens is 347 g/mol. The summed E-state index contributed by atoms with van der Waals surface area (Å²) in [6.07, 6.45) is -2.16. The number of hydrazine groups is 1. The maximum Gasteiger partial charge on any atom is 0.416 e.